The molecule has 0 fully saturated rings. The lowest BCUT2D eigenvalue weighted by molar-refractivity contribution is 0.0515. The molecule has 6 heteroatoms. The summed E-state index contributed by atoms with van der Waals surface area (Å²) in [6, 6.07) is 0.969. The number of ether oxygens (including phenoxy) is 1. The fourth-order valence-corrected chi connectivity index (χ4v) is 1.05. The molecule has 1 heterocycles. The van der Waals surface area contributed by atoms with Crippen LogP contribution in [0, 0.1) is 0 Å². The largest absolute Gasteiger partial charge is 0.462 e. The summed E-state index contributed by atoms with van der Waals surface area (Å²) < 4.78 is 29.6. The molecule has 1 rings (SSSR count). The molecule has 0 unspecified atom stereocenters. The summed E-state index contributed by atoms with van der Waals surface area (Å²) in [6.07, 6.45) is -1.79. The zero-order valence-corrected chi connectivity index (χ0v) is 8.04. The van der Waals surface area contributed by atoms with Crippen molar-refractivity contribution in [2.75, 3.05) is 12.3 Å². The second kappa shape index (κ2) is 4.68. The number of carbonyl (C=O) groups is 1. The van der Waals surface area contributed by atoms with E-state index >= 15 is 0 Å². The fourth-order valence-electron chi connectivity index (χ4n) is 1.05. The van der Waals surface area contributed by atoms with Crippen molar-refractivity contribution in [2.24, 2.45) is 0 Å². The van der Waals surface area contributed by atoms with Gasteiger partial charge >= 0.3 is 5.97 Å². The first-order chi connectivity index (χ1) is 7.06. The van der Waals surface area contributed by atoms with Crippen molar-refractivity contribution in [3.05, 3.63) is 23.4 Å². The number of hydrogen-bond donors (Lipinski definition) is 1. The minimum absolute atomic E-state index is 0.0571. The van der Waals surface area contributed by atoms with Gasteiger partial charge in [0.15, 0.2) is 0 Å². The van der Waals surface area contributed by atoms with Gasteiger partial charge in [-0.15, -0.1) is 0 Å². The van der Waals surface area contributed by atoms with E-state index in [1.54, 1.807) is 6.92 Å². The summed E-state index contributed by atoms with van der Waals surface area (Å²) in [4.78, 5) is 14.8. The second-order valence-electron chi connectivity index (χ2n) is 2.72. The van der Waals surface area contributed by atoms with Gasteiger partial charge < -0.3 is 10.5 Å². The Morgan fingerprint density at radius 3 is 2.87 bits per heavy atom. The number of alkyl halides is 2. The third-order valence-corrected chi connectivity index (χ3v) is 1.69. The fraction of sp³-hybridized carbons (Fsp3) is 0.333. The Hall–Kier alpha value is -1.72. The molecule has 0 radical (unpaired) electrons. The van der Waals surface area contributed by atoms with Crippen molar-refractivity contribution >= 4 is 11.8 Å². The van der Waals surface area contributed by atoms with Gasteiger partial charge in [0.2, 0.25) is 0 Å². The molecule has 4 nitrogen and oxygen atoms in total. The van der Waals surface area contributed by atoms with E-state index in [4.69, 9.17) is 5.73 Å². The normalized spacial score (nSPS) is 10.4. The van der Waals surface area contributed by atoms with Crippen LogP contribution in [0.5, 0.6) is 0 Å². The van der Waals surface area contributed by atoms with E-state index in [0.29, 0.717) is 0 Å². The van der Waals surface area contributed by atoms with Crippen molar-refractivity contribution in [1.29, 1.82) is 0 Å². The van der Waals surface area contributed by atoms with Crippen LogP contribution in [0.25, 0.3) is 0 Å². The summed E-state index contributed by atoms with van der Waals surface area (Å²) in [5.74, 6) is -0.876. The van der Waals surface area contributed by atoms with E-state index in [1.807, 2.05) is 0 Å². The number of pyridine rings is 1. The first-order valence-electron chi connectivity index (χ1n) is 4.27. The lowest BCUT2D eigenvalue weighted by atomic mass is 10.1. The van der Waals surface area contributed by atoms with E-state index in [1.165, 1.54) is 0 Å². The van der Waals surface area contributed by atoms with Crippen molar-refractivity contribution in [1.82, 2.24) is 4.98 Å². The molecule has 1 aromatic rings. The maximum absolute atomic E-state index is 12.5. The standard InChI is InChI=1S/C9H10F2N2O2/c1-2-15-9(14)6-4-13-7(12)3-5(6)8(10)11/h3-4,8H,2H2,1H3,(H2,12,13). The minimum atomic E-state index is -2.78. The van der Waals surface area contributed by atoms with Gasteiger partial charge in [-0.2, -0.15) is 0 Å². The van der Waals surface area contributed by atoms with E-state index in [0.717, 1.165) is 12.3 Å². The number of esters is 1. The molecule has 0 aliphatic heterocycles. The number of anilines is 1. The maximum Gasteiger partial charge on any atom is 0.340 e. The molecular weight excluding hydrogens is 206 g/mol. The van der Waals surface area contributed by atoms with Crippen molar-refractivity contribution < 1.29 is 18.3 Å². The Kier molecular flexibility index (Phi) is 3.54. The van der Waals surface area contributed by atoms with E-state index < -0.39 is 18.0 Å². The van der Waals surface area contributed by atoms with E-state index in [-0.39, 0.29) is 18.0 Å². The number of nitrogens with two attached hydrogens (primary N) is 1. The number of aromatic nitrogens is 1. The lowest BCUT2D eigenvalue weighted by Gasteiger charge is -2.07. The first-order valence-corrected chi connectivity index (χ1v) is 4.27. The highest BCUT2D eigenvalue weighted by Gasteiger charge is 2.20. The molecule has 0 saturated heterocycles. The van der Waals surface area contributed by atoms with E-state index in [2.05, 4.69) is 9.72 Å². The molecule has 1 aromatic heterocycles. The highest BCUT2D eigenvalue weighted by molar-refractivity contribution is 5.91. The summed E-state index contributed by atoms with van der Waals surface area (Å²) in [5, 5.41) is 0. The highest BCUT2D eigenvalue weighted by atomic mass is 19.3. The summed E-state index contributed by atoms with van der Waals surface area (Å²) >= 11 is 0. The first kappa shape index (κ1) is 11.4. The Morgan fingerprint density at radius 2 is 2.33 bits per heavy atom. The average Bonchev–Trinajstić information content (AvgIpc) is 2.17. The van der Waals surface area contributed by atoms with Crippen LogP contribution in [0.4, 0.5) is 14.6 Å². The second-order valence-corrected chi connectivity index (χ2v) is 2.72. The predicted octanol–water partition coefficient (Wildman–Crippen LogP) is 1.78. The van der Waals surface area contributed by atoms with Crippen LogP contribution in [0.15, 0.2) is 12.3 Å². The minimum Gasteiger partial charge on any atom is -0.462 e. The maximum atomic E-state index is 12.5. The zero-order valence-electron chi connectivity index (χ0n) is 8.04. The van der Waals surface area contributed by atoms with Gasteiger partial charge in [-0.25, -0.2) is 18.6 Å². The molecule has 0 spiro atoms. The Morgan fingerprint density at radius 1 is 1.67 bits per heavy atom. The van der Waals surface area contributed by atoms with Crippen molar-refractivity contribution in [2.45, 2.75) is 13.3 Å². The van der Waals surface area contributed by atoms with Crippen molar-refractivity contribution in [3.8, 4) is 0 Å². The Bertz CT molecular complexity index is 369. The number of rotatable bonds is 3. The van der Waals surface area contributed by atoms with Gasteiger partial charge in [0.05, 0.1) is 12.2 Å². The summed E-state index contributed by atoms with van der Waals surface area (Å²) in [7, 11) is 0. The SMILES string of the molecule is CCOC(=O)c1cnc(N)cc1C(F)F. The molecule has 2 N–H and O–H groups in total. The van der Waals surface area contributed by atoms with E-state index in [9.17, 15) is 13.6 Å². The third-order valence-electron chi connectivity index (χ3n) is 1.69. The molecule has 0 atom stereocenters. The van der Waals surface area contributed by atoms with Gasteiger partial charge in [-0.1, -0.05) is 0 Å². The smallest absolute Gasteiger partial charge is 0.340 e. The average molecular weight is 216 g/mol. The molecule has 0 saturated carbocycles. The highest BCUT2D eigenvalue weighted by Crippen LogP contribution is 2.24. The molecular formula is C9H10F2N2O2. The number of carbonyl (C=O) groups excluding carboxylic acids is 1. The molecule has 0 amide bonds. The van der Waals surface area contributed by atoms with Crippen molar-refractivity contribution in [3.63, 3.8) is 0 Å². The van der Waals surface area contributed by atoms with Crippen LogP contribution in [-0.4, -0.2) is 17.6 Å². The van der Waals surface area contributed by atoms with Gasteiger partial charge in [0.1, 0.15) is 5.82 Å². The topological polar surface area (TPSA) is 65.2 Å². The predicted molar refractivity (Wildman–Crippen MR) is 49.6 cm³/mol. The number of nitrogen functional groups attached to an aromatic ring is 1. The number of hydrogen-bond acceptors (Lipinski definition) is 4. The van der Waals surface area contributed by atoms with Gasteiger partial charge in [-0.3, -0.25) is 0 Å². The Balaban J connectivity index is 3.11. The lowest BCUT2D eigenvalue weighted by Crippen LogP contribution is -2.10. The number of halogens is 2. The van der Waals surface area contributed by atoms with Gasteiger partial charge in [-0.05, 0) is 13.0 Å². The molecule has 0 bridgehead atoms. The monoisotopic (exact) mass is 216 g/mol. The summed E-state index contributed by atoms with van der Waals surface area (Å²) in [5.41, 5.74) is 4.54. The molecule has 0 aliphatic carbocycles. The van der Waals surface area contributed by atoms with Crippen LogP contribution >= 0.6 is 0 Å². The molecule has 0 aromatic carbocycles. The van der Waals surface area contributed by atoms with Crippen LogP contribution < -0.4 is 5.73 Å². The Labute approximate surface area is 85.1 Å². The quantitative estimate of drug-likeness (QED) is 0.782. The van der Waals surface area contributed by atoms with Crippen LogP contribution in [0.2, 0.25) is 0 Å². The van der Waals surface area contributed by atoms with Crippen LogP contribution in [0.3, 0.4) is 0 Å². The van der Waals surface area contributed by atoms with Crippen LogP contribution in [0.1, 0.15) is 29.3 Å². The van der Waals surface area contributed by atoms with Gasteiger partial charge in [0, 0.05) is 11.8 Å². The third kappa shape index (κ3) is 2.61. The van der Waals surface area contributed by atoms with Gasteiger partial charge in [0.25, 0.3) is 6.43 Å². The summed E-state index contributed by atoms with van der Waals surface area (Å²) in [6.45, 7) is 1.70. The molecule has 0 aliphatic rings. The van der Waals surface area contributed by atoms with Crippen LogP contribution in [-0.2, 0) is 4.74 Å². The zero-order chi connectivity index (χ0) is 11.4. The molecule has 15 heavy (non-hydrogen) atoms. The number of nitrogens with zero attached hydrogens (tertiary/aromatic N) is 1. The molecule has 82 valence electrons.